The van der Waals surface area contributed by atoms with Crippen LogP contribution in [0.25, 0.3) is 0 Å². The second-order valence-corrected chi connectivity index (χ2v) is 3.22. The molecule has 0 aliphatic rings. The van der Waals surface area contributed by atoms with Crippen LogP contribution in [0.4, 0.5) is 4.39 Å². The molecule has 1 aromatic rings. The second kappa shape index (κ2) is 6.05. The maximum Gasteiger partial charge on any atom is 0.165 e. The highest BCUT2D eigenvalue weighted by atomic mass is 19.1. The number of nitriles is 1. The van der Waals surface area contributed by atoms with Crippen LogP contribution in [0.15, 0.2) is 18.2 Å². The number of rotatable bonds is 5. The maximum absolute atomic E-state index is 13.1. The summed E-state index contributed by atoms with van der Waals surface area (Å²) in [5.41, 5.74) is 0.480. The molecule has 1 unspecified atom stereocenters. The minimum absolute atomic E-state index is 0.419. The fourth-order valence-electron chi connectivity index (χ4n) is 1.25. The Morgan fingerprint density at radius 2 is 2.38 bits per heavy atom. The summed E-state index contributed by atoms with van der Waals surface area (Å²) in [6.07, 6.45) is 0. The van der Waals surface area contributed by atoms with E-state index in [2.05, 4.69) is 5.32 Å². The topological polar surface area (TPSA) is 65.3 Å². The van der Waals surface area contributed by atoms with E-state index in [1.54, 1.807) is 7.11 Å². The Kier molecular flexibility index (Phi) is 4.70. The lowest BCUT2D eigenvalue weighted by Gasteiger charge is -2.11. The van der Waals surface area contributed by atoms with Crippen LogP contribution in [0.3, 0.4) is 0 Å². The van der Waals surface area contributed by atoms with Crippen molar-refractivity contribution in [3.63, 3.8) is 0 Å². The van der Waals surface area contributed by atoms with Crippen molar-refractivity contribution in [1.29, 1.82) is 5.26 Å². The Morgan fingerprint density at radius 1 is 1.62 bits per heavy atom. The minimum atomic E-state index is -0.730. The van der Waals surface area contributed by atoms with E-state index in [9.17, 15) is 4.39 Å². The van der Waals surface area contributed by atoms with E-state index >= 15 is 0 Å². The average molecular weight is 224 g/mol. The molecule has 0 spiro atoms. The van der Waals surface area contributed by atoms with Gasteiger partial charge in [-0.1, -0.05) is 6.07 Å². The molecule has 1 rings (SSSR count). The lowest BCUT2D eigenvalue weighted by Crippen LogP contribution is -2.24. The van der Waals surface area contributed by atoms with Crippen molar-refractivity contribution in [3.05, 3.63) is 29.6 Å². The van der Waals surface area contributed by atoms with E-state index in [0.717, 1.165) is 6.07 Å². The predicted molar refractivity (Wildman–Crippen MR) is 56.3 cm³/mol. The molecule has 16 heavy (non-hydrogen) atoms. The molecule has 0 radical (unpaired) electrons. The van der Waals surface area contributed by atoms with Gasteiger partial charge in [-0.3, -0.25) is 5.32 Å². The van der Waals surface area contributed by atoms with Gasteiger partial charge in [0.2, 0.25) is 0 Å². The molecule has 2 N–H and O–H groups in total. The summed E-state index contributed by atoms with van der Waals surface area (Å²) in [6, 6.07) is 5.28. The van der Waals surface area contributed by atoms with Gasteiger partial charge in [-0.15, -0.1) is 0 Å². The summed E-state index contributed by atoms with van der Waals surface area (Å²) < 4.78 is 17.9. The van der Waals surface area contributed by atoms with Gasteiger partial charge in [0.1, 0.15) is 6.04 Å². The smallest absolute Gasteiger partial charge is 0.165 e. The third-order valence-electron chi connectivity index (χ3n) is 2.09. The molecule has 0 saturated carbocycles. The normalized spacial score (nSPS) is 12.1. The number of aromatic hydroxyl groups is 1. The van der Waals surface area contributed by atoms with E-state index in [1.807, 2.05) is 6.07 Å². The Labute approximate surface area is 93.3 Å². The molecule has 4 nitrogen and oxygen atoms in total. The Balaban J connectivity index is 2.72. The van der Waals surface area contributed by atoms with Crippen molar-refractivity contribution in [2.75, 3.05) is 20.3 Å². The summed E-state index contributed by atoms with van der Waals surface area (Å²) in [6.45, 7) is 0.968. The molecule has 0 bridgehead atoms. The molecule has 0 amide bonds. The number of ether oxygens (including phenoxy) is 1. The molecule has 1 atom stereocenters. The zero-order valence-electron chi connectivity index (χ0n) is 8.90. The van der Waals surface area contributed by atoms with Crippen LogP contribution in [0.2, 0.25) is 0 Å². The monoisotopic (exact) mass is 224 g/mol. The fourth-order valence-corrected chi connectivity index (χ4v) is 1.25. The van der Waals surface area contributed by atoms with Gasteiger partial charge in [0, 0.05) is 13.7 Å². The Hall–Kier alpha value is -1.64. The average Bonchev–Trinajstić information content (AvgIpc) is 2.29. The summed E-state index contributed by atoms with van der Waals surface area (Å²) >= 11 is 0. The summed E-state index contributed by atoms with van der Waals surface area (Å²) in [4.78, 5) is 0. The Morgan fingerprint density at radius 3 is 2.94 bits per heavy atom. The van der Waals surface area contributed by atoms with E-state index in [4.69, 9.17) is 15.1 Å². The highest BCUT2D eigenvalue weighted by molar-refractivity contribution is 5.32. The summed E-state index contributed by atoms with van der Waals surface area (Å²) in [5.74, 6) is -1.15. The maximum atomic E-state index is 13.1. The van der Waals surface area contributed by atoms with Crippen LogP contribution >= 0.6 is 0 Å². The third-order valence-corrected chi connectivity index (χ3v) is 2.09. The number of benzene rings is 1. The molecule has 0 fully saturated rings. The predicted octanol–water partition coefficient (Wildman–Crippen LogP) is 1.33. The molecule has 0 heterocycles. The number of hydrogen-bond donors (Lipinski definition) is 2. The van der Waals surface area contributed by atoms with Crippen molar-refractivity contribution in [2.24, 2.45) is 0 Å². The first-order valence-corrected chi connectivity index (χ1v) is 4.79. The lowest BCUT2D eigenvalue weighted by molar-refractivity contribution is 0.198. The first-order valence-electron chi connectivity index (χ1n) is 4.79. The third kappa shape index (κ3) is 3.19. The van der Waals surface area contributed by atoms with E-state index in [1.165, 1.54) is 12.1 Å². The fraction of sp³-hybridized carbons (Fsp3) is 0.364. The van der Waals surface area contributed by atoms with Crippen LogP contribution in [-0.4, -0.2) is 25.4 Å². The molecule has 0 aliphatic heterocycles. The van der Waals surface area contributed by atoms with Crippen LogP contribution in [0.5, 0.6) is 5.75 Å². The largest absolute Gasteiger partial charge is 0.505 e. The van der Waals surface area contributed by atoms with Gasteiger partial charge in [-0.2, -0.15) is 5.26 Å². The SMILES string of the molecule is COCCNC(C#N)c1ccc(O)c(F)c1. The molecule has 5 heteroatoms. The van der Waals surface area contributed by atoms with Gasteiger partial charge in [-0.05, 0) is 17.7 Å². The van der Waals surface area contributed by atoms with Gasteiger partial charge < -0.3 is 9.84 Å². The van der Waals surface area contributed by atoms with Crippen LogP contribution < -0.4 is 5.32 Å². The molecular formula is C11H13FN2O2. The van der Waals surface area contributed by atoms with Gasteiger partial charge in [0.05, 0.1) is 12.7 Å². The number of nitrogens with zero attached hydrogens (tertiary/aromatic N) is 1. The van der Waals surface area contributed by atoms with E-state index < -0.39 is 17.6 Å². The zero-order valence-corrected chi connectivity index (χ0v) is 8.90. The molecule has 1 aromatic carbocycles. The molecular weight excluding hydrogens is 211 g/mol. The number of halogens is 1. The van der Waals surface area contributed by atoms with Gasteiger partial charge in [-0.25, -0.2) is 4.39 Å². The number of nitrogens with one attached hydrogen (secondary N) is 1. The summed E-state index contributed by atoms with van der Waals surface area (Å²) in [5, 5.41) is 20.8. The number of methoxy groups -OCH3 is 1. The number of hydrogen-bond acceptors (Lipinski definition) is 4. The highest BCUT2D eigenvalue weighted by Crippen LogP contribution is 2.20. The molecule has 86 valence electrons. The zero-order chi connectivity index (χ0) is 12.0. The standard InChI is InChI=1S/C11H13FN2O2/c1-16-5-4-14-10(7-13)8-2-3-11(15)9(12)6-8/h2-3,6,10,14-15H,4-5H2,1H3. The van der Waals surface area contributed by atoms with Crippen molar-refractivity contribution in [2.45, 2.75) is 6.04 Å². The van der Waals surface area contributed by atoms with Crippen molar-refractivity contribution < 1.29 is 14.2 Å². The first-order chi connectivity index (χ1) is 7.69. The van der Waals surface area contributed by atoms with E-state index in [-0.39, 0.29) is 0 Å². The minimum Gasteiger partial charge on any atom is -0.505 e. The van der Waals surface area contributed by atoms with Crippen molar-refractivity contribution in [3.8, 4) is 11.8 Å². The number of phenolic OH excluding ortho intramolecular Hbond substituents is 1. The molecule has 0 saturated heterocycles. The van der Waals surface area contributed by atoms with Crippen molar-refractivity contribution in [1.82, 2.24) is 5.32 Å². The van der Waals surface area contributed by atoms with Gasteiger partial charge >= 0.3 is 0 Å². The van der Waals surface area contributed by atoms with Crippen LogP contribution in [0.1, 0.15) is 11.6 Å². The van der Waals surface area contributed by atoms with Gasteiger partial charge in [0.15, 0.2) is 11.6 Å². The second-order valence-electron chi connectivity index (χ2n) is 3.22. The quantitative estimate of drug-likeness (QED) is 0.740. The lowest BCUT2D eigenvalue weighted by atomic mass is 10.1. The Bertz CT molecular complexity index is 390. The number of phenols is 1. The van der Waals surface area contributed by atoms with Crippen LogP contribution in [-0.2, 0) is 4.74 Å². The van der Waals surface area contributed by atoms with Gasteiger partial charge in [0.25, 0.3) is 0 Å². The van der Waals surface area contributed by atoms with E-state index in [0.29, 0.717) is 18.7 Å². The summed E-state index contributed by atoms with van der Waals surface area (Å²) in [7, 11) is 1.56. The molecule has 0 aliphatic carbocycles. The first kappa shape index (κ1) is 12.4. The van der Waals surface area contributed by atoms with Crippen molar-refractivity contribution >= 4 is 0 Å². The van der Waals surface area contributed by atoms with Crippen LogP contribution in [0, 0.1) is 17.1 Å². The highest BCUT2D eigenvalue weighted by Gasteiger charge is 2.11. The molecule has 0 aromatic heterocycles.